The van der Waals surface area contributed by atoms with E-state index in [4.69, 9.17) is 9.84 Å². The van der Waals surface area contributed by atoms with E-state index in [9.17, 15) is 9.59 Å². The number of hydrogen-bond donors (Lipinski definition) is 1. The number of carboxylic acid groups (broad SMARTS) is 1. The number of hydrogen-bond acceptors (Lipinski definition) is 3. The third kappa shape index (κ3) is 16.2. The van der Waals surface area contributed by atoms with Gasteiger partial charge in [0.25, 0.3) is 0 Å². The van der Waals surface area contributed by atoms with E-state index in [1.807, 2.05) is 13.0 Å². The summed E-state index contributed by atoms with van der Waals surface area (Å²) in [7, 11) is 0. The van der Waals surface area contributed by atoms with Gasteiger partial charge in [-0.25, -0.2) is 4.79 Å². The van der Waals surface area contributed by atoms with Crippen LogP contribution in [0, 0.1) is 0 Å². The summed E-state index contributed by atoms with van der Waals surface area (Å²) in [5.74, 6) is -1.42. The first-order valence-corrected chi connectivity index (χ1v) is 10.6. The van der Waals surface area contributed by atoms with Crippen LogP contribution >= 0.6 is 0 Å². The molecule has 4 nitrogen and oxygen atoms in total. The summed E-state index contributed by atoms with van der Waals surface area (Å²) >= 11 is 0. The van der Waals surface area contributed by atoms with E-state index < -0.39 is 12.1 Å². The minimum absolute atomic E-state index is 0.333. The van der Waals surface area contributed by atoms with Crippen molar-refractivity contribution >= 4 is 11.9 Å². The van der Waals surface area contributed by atoms with E-state index in [2.05, 4.69) is 6.58 Å². The van der Waals surface area contributed by atoms with Gasteiger partial charge >= 0.3 is 11.9 Å². The number of carbonyl (C=O) groups excluding carboxylic acids is 1. The maximum Gasteiger partial charge on any atom is 0.345 e. The molecule has 0 saturated heterocycles. The van der Waals surface area contributed by atoms with Gasteiger partial charge in [-0.3, -0.25) is 4.79 Å². The lowest BCUT2D eigenvalue weighted by molar-refractivity contribution is -0.164. The van der Waals surface area contributed by atoms with Crippen molar-refractivity contribution in [2.45, 2.75) is 116 Å². The van der Waals surface area contributed by atoms with Crippen LogP contribution < -0.4 is 0 Å². The molecule has 0 aromatic heterocycles. The van der Waals surface area contributed by atoms with E-state index in [-0.39, 0.29) is 5.97 Å². The molecular weight excluding hydrogens is 328 g/mol. The standard InChI is InChI=1S/C22H40O4/c1-3-5-6-7-8-9-10-11-12-13-14-15-16-17-19-21(23)26-20(18-4-2)22(24)25/h3,20H,1,4-19H2,2H3,(H,24,25)/t20-/m0/s1. The van der Waals surface area contributed by atoms with Crippen LogP contribution in [-0.4, -0.2) is 23.1 Å². The smallest absolute Gasteiger partial charge is 0.345 e. The number of allylic oxidation sites excluding steroid dienone is 1. The second-order valence-corrected chi connectivity index (χ2v) is 7.18. The van der Waals surface area contributed by atoms with Crippen molar-refractivity contribution in [1.29, 1.82) is 0 Å². The zero-order valence-electron chi connectivity index (χ0n) is 16.8. The third-order valence-corrected chi connectivity index (χ3v) is 4.64. The maximum atomic E-state index is 11.7. The van der Waals surface area contributed by atoms with Crippen LogP contribution in [0.25, 0.3) is 0 Å². The molecule has 4 heteroatoms. The van der Waals surface area contributed by atoms with E-state index in [0.29, 0.717) is 19.3 Å². The topological polar surface area (TPSA) is 63.6 Å². The van der Waals surface area contributed by atoms with Gasteiger partial charge in [-0.15, -0.1) is 6.58 Å². The third-order valence-electron chi connectivity index (χ3n) is 4.64. The quantitative estimate of drug-likeness (QED) is 0.162. The highest BCUT2D eigenvalue weighted by atomic mass is 16.6. The van der Waals surface area contributed by atoms with Crippen molar-refractivity contribution in [3.8, 4) is 0 Å². The number of ether oxygens (including phenoxy) is 1. The van der Waals surface area contributed by atoms with Crippen molar-refractivity contribution in [2.75, 3.05) is 0 Å². The summed E-state index contributed by atoms with van der Waals surface area (Å²) < 4.78 is 5.02. The van der Waals surface area contributed by atoms with Gasteiger partial charge in [0.15, 0.2) is 6.10 Å². The van der Waals surface area contributed by atoms with Gasteiger partial charge in [0.05, 0.1) is 0 Å². The first-order chi connectivity index (χ1) is 12.6. The average molecular weight is 369 g/mol. The van der Waals surface area contributed by atoms with Crippen LogP contribution in [0.4, 0.5) is 0 Å². The summed E-state index contributed by atoms with van der Waals surface area (Å²) in [6, 6.07) is 0. The Hall–Kier alpha value is -1.32. The van der Waals surface area contributed by atoms with Crippen molar-refractivity contribution in [1.82, 2.24) is 0 Å². The lowest BCUT2D eigenvalue weighted by Crippen LogP contribution is -2.26. The fourth-order valence-corrected chi connectivity index (χ4v) is 3.04. The number of aliphatic carboxylic acids is 1. The molecule has 1 N–H and O–H groups in total. The highest BCUT2D eigenvalue weighted by Crippen LogP contribution is 2.13. The zero-order valence-corrected chi connectivity index (χ0v) is 16.8. The molecule has 0 unspecified atom stereocenters. The molecule has 0 aliphatic rings. The average Bonchev–Trinajstić information content (AvgIpc) is 2.61. The molecule has 0 aromatic rings. The summed E-state index contributed by atoms with van der Waals surface area (Å²) in [5.41, 5.74) is 0. The molecular formula is C22H40O4. The summed E-state index contributed by atoms with van der Waals surface area (Å²) in [6.07, 6.45) is 18.4. The first kappa shape index (κ1) is 24.7. The van der Waals surface area contributed by atoms with Crippen molar-refractivity contribution in [3.63, 3.8) is 0 Å². The molecule has 0 rings (SSSR count). The summed E-state index contributed by atoms with van der Waals surface area (Å²) in [5, 5.41) is 8.97. The van der Waals surface area contributed by atoms with Crippen molar-refractivity contribution < 1.29 is 19.4 Å². The Labute approximate surface area is 160 Å². The van der Waals surface area contributed by atoms with Crippen LogP contribution in [0.2, 0.25) is 0 Å². The lowest BCUT2D eigenvalue weighted by Gasteiger charge is -2.12. The van der Waals surface area contributed by atoms with E-state index >= 15 is 0 Å². The number of carbonyl (C=O) groups is 2. The molecule has 26 heavy (non-hydrogen) atoms. The highest BCUT2D eigenvalue weighted by Gasteiger charge is 2.20. The van der Waals surface area contributed by atoms with Crippen LogP contribution in [0.1, 0.15) is 110 Å². The van der Waals surface area contributed by atoms with Crippen molar-refractivity contribution in [3.05, 3.63) is 12.7 Å². The predicted molar refractivity (Wildman–Crippen MR) is 107 cm³/mol. The Morgan fingerprint density at radius 3 is 1.77 bits per heavy atom. The second-order valence-electron chi connectivity index (χ2n) is 7.18. The van der Waals surface area contributed by atoms with Crippen LogP contribution in [0.5, 0.6) is 0 Å². The molecule has 0 amide bonds. The van der Waals surface area contributed by atoms with Gasteiger partial charge in [-0.1, -0.05) is 83.6 Å². The van der Waals surface area contributed by atoms with Crippen LogP contribution in [0.3, 0.4) is 0 Å². The van der Waals surface area contributed by atoms with Crippen LogP contribution in [-0.2, 0) is 14.3 Å². The normalized spacial score (nSPS) is 11.9. The molecule has 1 atom stereocenters. The predicted octanol–water partition coefficient (Wildman–Crippen LogP) is 6.43. The second kappa shape index (κ2) is 18.5. The monoisotopic (exact) mass is 368 g/mol. The Balaban J connectivity index is 3.36. The SMILES string of the molecule is C=CCCCCCCCCCCCCCCC(=O)O[C@@H](CCC)C(=O)O. The van der Waals surface area contributed by atoms with Gasteiger partial charge in [0.1, 0.15) is 0 Å². The molecule has 0 aliphatic heterocycles. The Bertz CT molecular complexity index is 365. The molecule has 0 heterocycles. The largest absolute Gasteiger partial charge is 0.479 e. The summed E-state index contributed by atoms with van der Waals surface area (Å²) in [6.45, 7) is 5.63. The number of rotatable bonds is 19. The van der Waals surface area contributed by atoms with E-state index in [0.717, 1.165) is 25.7 Å². The Morgan fingerprint density at radius 2 is 1.35 bits per heavy atom. The zero-order chi connectivity index (χ0) is 19.5. The minimum Gasteiger partial charge on any atom is -0.479 e. The summed E-state index contributed by atoms with van der Waals surface area (Å²) in [4.78, 5) is 22.6. The molecule has 0 bridgehead atoms. The van der Waals surface area contributed by atoms with Gasteiger partial charge < -0.3 is 9.84 Å². The van der Waals surface area contributed by atoms with Gasteiger partial charge in [0.2, 0.25) is 0 Å². The fourth-order valence-electron chi connectivity index (χ4n) is 3.04. The van der Waals surface area contributed by atoms with Gasteiger partial charge in [-0.05, 0) is 25.7 Å². The van der Waals surface area contributed by atoms with E-state index in [1.54, 1.807) is 0 Å². The molecule has 0 aromatic carbocycles. The van der Waals surface area contributed by atoms with E-state index in [1.165, 1.54) is 57.8 Å². The number of unbranched alkanes of at least 4 members (excludes halogenated alkanes) is 12. The molecule has 0 saturated carbocycles. The van der Waals surface area contributed by atoms with Crippen molar-refractivity contribution in [2.24, 2.45) is 0 Å². The molecule has 0 radical (unpaired) electrons. The maximum absolute atomic E-state index is 11.7. The first-order valence-electron chi connectivity index (χ1n) is 10.6. The Morgan fingerprint density at radius 1 is 0.885 bits per heavy atom. The number of esters is 1. The molecule has 0 fully saturated rings. The molecule has 0 aliphatic carbocycles. The van der Waals surface area contributed by atoms with Gasteiger partial charge in [0, 0.05) is 6.42 Å². The fraction of sp³-hybridized carbons (Fsp3) is 0.818. The molecule has 0 spiro atoms. The minimum atomic E-state index is -1.04. The highest BCUT2D eigenvalue weighted by molar-refractivity contribution is 5.77. The Kier molecular flexibility index (Phi) is 17.5. The van der Waals surface area contributed by atoms with Crippen LogP contribution in [0.15, 0.2) is 12.7 Å². The lowest BCUT2D eigenvalue weighted by atomic mass is 10.0. The number of carboxylic acids is 1. The molecule has 152 valence electrons. The van der Waals surface area contributed by atoms with Gasteiger partial charge in [-0.2, -0.15) is 0 Å².